The molecule has 0 spiro atoms. The first-order chi connectivity index (χ1) is 9.65. The van der Waals surface area contributed by atoms with Crippen LogP contribution in [0.25, 0.3) is 0 Å². The Labute approximate surface area is 123 Å². The highest BCUT2D eigenvalue weighted by Gasteiger charge is 2.27. The fraction of sp³-hybridized carbons (Fsp3) is 0.500. The third-order valence-electron chi connectivity index (χ3n) is 3.39. The quantitative estimate of drug-likeness (QED) is 0.924. The van der Waals surface area contributed by atoms with Crippen molar-refractivity contribution in [2.45, 2.75) is 19.8 Å². The number of halogens is 1. The summed E-state index contributed by atoms with van der Waals surface area (Å²) in [5.41, 5.74) is 0.441. The number of hydrogen-bond donors (Lipinski definition) is 1. The highest BCUT2D eigenvalue weighted by atomic mass is 35.5. The number of anilines is 1. The monoisotopic (exact) mass is 292 g/mol. The summed E-state index contributed by atoms with van der Waals surface area (Å²) >= 11 is 6.17. The molecule has 0 radical (unpaired) electrons. The molecule has 1 aromatic rings. The van der Waals surface area contributed by atoms with Crippen LogP contribution in [-0.4, -0.2) is 30.5 Å². The van der Waals surface area contributed by atoms with E-state index in [0.717, 1.165) is 19.4 Å². The van der Waals surface area contributed by atoms with E-state index in [1.165, 1.54) is 6.20 Å². The molecule has 1 fully saturated rings. The molecule has 106 valence electrons. The number of hydrogen-bond acceptors (Lipinski definition) is 4. The van der Waals surface area contributed by atoms with Crippen LogP contribution in [0.15, 0.2) is 12.3 Å². The zero-order valence-electron chi connectivity index (χ0n) is 11.4. The summed E-state index contributed by atoms with van der Waals surface area (Å²) in [6.07, 6.45) is 3.33. The van der Waals surface area contributed by atoms with Crippen LogP contribution in [0.3, 0.4) is 0 Å². The van der Waals surface area contributed by atoms with Gasteiger partial charge in [-0.1, -0.05) is 11.6 Å². The predicted molar refractivity (Wildman–Crippen MR) is 77.6 cm³/mol. The van der Waals surface area contributed by atoms with Gasteiger partial charge < -0.3 is 10.2 Å². The van der Waals surface area contributed by atoms with Crippen molar-refractivity contribution in [3.8, 4) is 6.07 Å². The molecule has 1 amide bonds. The maximum atomic E-state index is 11.9. The van der Waals surface area contributed by atoms with Gasteiger partial charge in [0.1, 0.15) is 11.9 Å². The van der Waals surface area contributed by atoms with E-state index >= 15 is 0 Å². The number of carbonyl (C=O) groups is 1. The van der Waals surface area contributed by atoms with Crippen LogP contribution in [0.2, 0.25) is 5.02 Å². The molecule has 0 aromatic carbocycles. The van der Waals surface area contributed by atoms with E-state index in [1.54, 1.807) is 6.07 Å². The van der Waals surface area contributed by atoms with E-state index in [9.17, 15) is 4.79 Å². The summed E-state index contributed by atoms with van der Waals surface area (Å²) in [6, 6.07) is 3.62. The molecule has 1 aromatic heterocycles. The second-order valence-corrected chi connectivity index (χ2v) is 5.23. The summed E-state index contributed by atoms with van der Waals surface area (Å²) in [4.78, 5) is 18.2. The Morgan fingerprint density at radius 3 is 3.15 bits per heavy atom. The van der Waals surface area contributed by atoms with Crippen molar-refractivity contribution >= 4 is 23.3 Å². The normalized spacial score (nSPS) is 18.4. The molecule has 0 bridgehead atoms. The van der Waals surface area contributed by atoms with Crippen LogP contribution in [0.4, 0.5) is 5.82 Å². The Kier molecular flexibility index (Phi) is 4.80. The van der Waals surface area contributed by atoms with Crippen molar-refractivity contribution in [3.63, 3.8) is 0 Å². The number of nitriles is 1. The first-order valence-corrected chi connectivity index (χ1v) is 7.11. The van der Waals surface area contributed by atoms with Crippen LogP contribution in [0.5, 0.6) is 0 Å². The molecular formula is C14H17ClN4O. The third-order valence-corrected chi connectivity index (χ3v) is 3.67. The Bertz CT molecular complexity index is 540. The minimum absolute atomic E-state index is 0.0304. The SMILES string of the molecule is CCNC(=O)[C@H]1CCCN(c2ncc(C#N)cc2Cl)C1. The van der Waals surface area contributed by atoms with E-state index in [1.807, 2.05) is 17.9 Å². The molecule has 20 heavy (non-hydrogen) atoms. The van der Waals surface area contributed by atoms with Gasteiger partial charge in [-0.2, -0.15) is 5.26 Å². The number of nitrogens with one attached hydrogen (secondary N) is 1. The molecule has 1 aliphatic heterocycles. The molecular weight excluding hydrogens is 276 g/mol. The number of carbonyl (C=O) groups excluding carboxylic acids is 1. The molecule has 0 aliphatic carbocycles. The Balaban J connectivity index is 2.13. The van der Waals surface area contributed by atoms with Gasteiger partial charge in [0.15, 0.2) is 0 Å². The fourth-order valence-electron chi connectivity index (χ4n) is 2.43. The van der Waals surface area contributed by atoms with Crippen LogP contribution in [0.1, 0.15) is 25.3 Å². The number of amides is 1. The summed E-state index contributed by atoms with van der Waals surface area (Å²) in [5, 5.41) is 12.1. The highest BCUT2D eigenvalue weighted by Crippen LogP contribution is 2.28. The molecule has 2 rings (SSSR count). The summed E-state index contributed by atoms with van der Waals surface area (Å²) in [6.45, 7) is 4.00. The van der Waals surface area contributed by atoms with Crippen molar-refractivity contribution in [2.75, 3.05) is 24.5 Å². The van der Waals surface area contributed by atoms with Crippen LogP contribution in [0, 0.1) is 17.2 Å². The Morgan fingerprint density at radius 1 is 1.70 bits per heavy atom. The molecule has 0 saturated carbocycles. The number of rotatable bonds is 3. The number of piperidine rings is 1. The average Bonchev–Trinajstić information content (AvgIpc) is 2.47. The number of aromatic nitrogens is 1. The maximum Gasteiger partial charge on any atom is 0.224 e. The second kappa shape index (κ2) is 6.58. The zero-order chi connectivity index (χ0) is 14.5. The van der Waals surface area contributed by atoms with Crippen LogP contribution < -0.4 is 10.2 Å². The lowest BCUT2D eigenvalue weighted by Crippen LogP contribution is -2.43. The van der Waals surface area contributed by atoms with E-state index in [0.29, 0.717) is 29.5 Å². The van der Waals surface area contributed by atoms with Crippen LogP contribution >= 0.6 is 11.6 Å². The van der Waals surface area contributed by atoms with Crippen molar-refractivity contribution in [1.29, 1.82) is 5.26 Å². The summed E-state index contributed by atoms with van der Waals surface area (Å²) < 4.78 is 0. The predicted octanol–water partition coefficient (Wildman–Crippen LogP) is 1.96. The lowest BCUT2D eigenvalue weighted by atomic mass is 9.97. The smallest absolute Gasteiger partial charge is 0.224 e. The van der Waals surface area contributed by atoms with Gasteiger partial charge in [0, 0.05) is 25.8 Å². The minimum atomic E-state index is -0.0304. The van der Waals surface area contributed by atoms with Gasteiger partial charge in [0.25, 0.3) is 0 Å². The lowest BCUT2D eigenvalue weighted by Gasteiger charge is -2.33. The second-order valence-electron chi connectivity index (χ2n) is 4.82. The average molecular weight is 293 g/mol. The van der Waals surface area contributed by atoms with E-state index in [-0.39, 0.29) is 11.8 Å². The molecule has 5 nitrogen and oxygen atoms in total. The van der Waals surface area contributed by atoms with Crippen molar-refractivity contribution in [1.82, 2.24) is 10.3 Å². The standard InChI is InChI=1S/C14H17ClN4O/c1-2-17-14(20)11-4-3-5-19(9-11)13-12(15)6-10(7-16)8-18-13/h6,8,11H,2-5,9H2,1H3,(H,17,20)/t11-/m0/s1. The summed E-state index contributed by atoms with van der Waals surface area (Å²) in [5.74, 6) is 0.707. The van der Waals surface area contributed by atoms with Crippen molar-refractivity contribution < 1.29 is 4.79 Å². The van der Waals surface area contributed by atoms with E-state index in [4.69, 9.17) is 16.9 Å². The van der Waals surface area contributed by atoms with Gasteiger partial charge in [0.05, 0.1) is 16.5 Å². The molecule has 0 unspecified atom stereocenters. The molecule has 1 saturated heterocycles. The molecule has 6 heteroatoms. The molecule has 1 aliphatic rings. The zero-order valence-corrected chi connectivity index (χ0v) is 12.2. The van der Waals surface area contributed by atoms with Gasteiger partial charge >= 0.3 is 0 Å². The molecule has 1 N–H and O–H groups in total. The van der Waals surface area contributed by atoms with Gasteiger partial charge in [-0.05, 0) is 25.8 Å². The van der Waals surface area contributed by atoms with E-state index in [2.05, 4.69) is 10.3 Å². The number of nitrogens with zero attached hydrogens (tertiary/aromatic N) is 3. The minimum Gasteiger partial charge on any atom is -0.356 e. The first-order valence-electron chi connectivity index (χ1n) is 6.74. The molecule has 2 heterocycles. The fourth-order valence-corrected chi connectivity index (χ4v) is 2.71. The van der Waals surface area contributed by atoms with Crippen molar-refractivity contribution in [3.05, 3.63) is 22.8 Å². The van der Waals surface area contributed by atoms with Crippen molar-refractivity contribution in [2.24, 2.45) is 5.92 Å². The largest absolute Gasteiger partial charge is 0.356 e. The van der Waals surface area contributed by atoms with Gasteiger partial charge in [-0.3, -0.25) is 4.79 Å². The Morgan fingerprint density at radius 2 is 2.50 bits per heavy atom. The lowest BCUT2D eigenvalue weighted by molar-refractivity contribution is -0.125. The highest BCUT2D eigenvalue weighted by molar-refractivity contribution is 6.33. The van der Waals surface area contributed by atoms with Gasteiger partial charge in [-0.25, -0.2) is 4.98 Å². The van der Waals surface area contributed by atoms with Crippen LogP contribution in [-0.2, 0) is 4.79 Å². The first kappa shape index (κ1) is 14.6. The topological polar surface area (TPSA) is 69.0 Å². The van der Waals surface area contributed by atoms with Gasteiger partial charge in [0.2, 0.25) is 5.91 Å². The third kappa shape index (κ3) is 3.20. The summed E-state index contributed by atoms with van der Waals surface area (Å²) in [7, 11) is 0. The molecule has 1 atom stereocenters. The Hall–Kier alpha value is -1.80. The van der Waals surface area contributed by atoms with Gasteiger partial charge in [-0.15, -0.1) is 0 Å². The number of pyridine rings is 1. The van der Waals surface area contributed by atoms with E-state index < -0.39 is 0 Å². The maximum absolute atomic E-state index is 11.9.